The van der Waals surface area contributed by atoms with Crippen molar-refractivity contribution in [2.45, 2.75) is 6.92 Å². The number of amides is 3. The molecule has 0 radical (unpaired) electrons. The van der Waals surface area contributed by atoms with Gasteiger partial charge in [0.2, 0.25) is 0 Å². The molecule has 0 unspecified atom stereocenters. The molecule has 0 aromatic carbocycles. The molecule has 9 heteroatoms. The summed E-state index contributed by atoms with van der Waals surface area (Å²) in [6, 6.07) is 3.37. The number of piperazine rings is 1. The Kier molecular flexibility index (Phi) is 4.61. The summed E-state index contributed by atoms with van der Waals surface area (Å²) in [5, 5.41) is 4.56. The van der Waals surface area contributed by atoms with Gasteiger partial charge in [-0.1, -0.05) is 0 Å². The molecule has 2 aromatic heterocycles. The number of nitrogens with zero attached hydrogens (tertiary/aromatic N) is 3. The maximum Gasteiger partial charge on any atom is 0.315 e. The number of aromatic nitrogens is 1. The predicted octanol–water partition coefficient (Wildman–Crippen LogP) is 0.968. The molecule has 3 amide bonds. The van der Waals surface area contributed by atoms with Crippen molar-refractivity contribution >= 4 is 34.2 Å². The highest BCUT2D eigenvalue weighted by Gasteiger charge is 2.29. The molecule has 8 nitrogen and oxygen atoms in total. The first-order valence-electron chi connectivity index (χ1n) is 7.40. The van der Waals surface area contributed by atoms with Crippen LogP contribution in [0.3, 0.4) is 0 Å². The van der Waals surface area contributed by atoms with Gasteiger partial charge >= 0.3 is 11.8 Å². The van der Waals surface area contributed by atoms with Crippen molar-refractivity contribution in [3.05, 3.63) is 35.2 Å². The topological polar surface area (TPSA) is 95.8 Å². The number of furan rings is 1. The first kappa shape index (κ1) is 16.2. The van der Waals surface area contributed by atoms with E-state index < -0.39 is 11.8 Å². The molecule has 0 atom stereocenters. The van der Waals surface area contributed by atoms with Crippen LogP contribution in [0.25, 0.3) is 0 Å². The van der Waals surface area contributed by atoms with Crippen molar-refractivity contribution < 1.29 is 18.8 Å². The molecule has 1 saturated heterocycles. The average molecular weight is 348 g/mol. The Hall–Kier alpha value is -2.68. The molecular formula is C15H16N4O4S. The van der Waals surface area contributed by atoms with Gasteiger partial charge in [0.1, 0.15) is 5.76 Å². The van der Waals surface area contributed by atoms with E-state index in [1.165, 1.54) is 16.2 Å². The van der Waals surface area contributed by atoms with Crippen molar-refractivity contribution in [2.24, 2.45) is 0 Å². The van der Waals surface area contributed by atoms with E-state index in [0.717, 1.165) is 0 Å². The molecule has 1 fully saturated rings. The fraction of sp³-hybridized carbons (Fsp3) is 0.333. The highest BCUT2D eigenvalue weighted by Crippen LogP contribution is 2.13. The van der Waals surface area contributed by atoms with Gasteiger partial charge in [0.05, 0.1) is 0 Å². The van der Waals surface area contributed by atoms with E-state index in [0.29, 0.717) is 37.1 Å². The quantitative estimate of drug-likeness (QED) is 0.816. The molecule has 1 aliphatic heterocycles. The van der Waals surface area contributed by atoms with Crippen molar-refractivity contribution in [1.82, 2.24) is 14.8 Å². The van der Waals surface area contributed by atoms with Gasteiger partial charge in [0.25, 0.3) is 5.91 Å². The Balaban J connectivity index is 1.53. The fourth-order valence-electron chi connectivity index (χ4n) is 2.40. The Bertz CT molecular complexity index is 747. The van der Waals surface area contributed by atoms with Crippen LogP contribution in [0, 0.1) is 6.92 Å². The summed E-state index contributed by atoms with van der Waals surface area (Å²) in [5.74, 6) is -0.584. The Morgan fingerprint density at radius 2 is 1.88 bits per heavy atom. The summed E-state index contributed by atoms with van der Waals surface area (Å²) in [6.45, 7) is 3.09. The van der Waals surface area contributed by atoms with Crippen molar-refractivity contribution in [2.75, 3.05) is 31.5 Å². The molecule has 0 spiro atoms. The molecule has 0 aliphatic carbocycles. The molecule has 3 heterocycles. The summed E-state index contributed by atoms with van der Waals surface area (Å²) in [7, 11) is 0. The zero-order chi connectivity index (χ0) is 17.1. The summed E-state index contributed by atoms with van der Waals surface area (Å²) in [5.41, 5.74) is 0. The highest BCUT2D eigenvalue weighted by molar-refractivity contribution is 7.13. The molecule has 126 valence electrons. The lowest BCUT2D eigenvalue weighted by molar-refractivity contribution is -0.144. The zero-order valence-corrected chi connectivity index (χ0v) is 13.8. The first-order valence-corrected chi connectivity index (χ1v) is 8.28. The smallest absolute Gasteiger partial charge is 0.315 e. The standard InChI is InChI=1S/C15H16N4O4S/c1-10-2-3-11(23-10)13(21)18-5-7-19(8-6-18)14(22)12(20)17-15-16-4-9-24-15/h2-4,9H,5-8H2,1H3,(H,16,17,20). The molecule has 0 bridgehead atoms. The number of carbonyl (C=O) groups excluding carboxylic acids is 3. The maximum atomic E-state index is 12.3. The van der Waals surface area contributed by atoms with Gasteiger partial charge in [-0.3, -0.25) is 19.7 Å². The minimum atomic E-state index is -0.716. The number of anilines is 1. The monoisotopic (exact) mass is 348 g/mol. The molecule has 0 saturated carbocycles. The zero-order valence-electron chi connectivity index (χ0n) is 13.0. The molecule has 24 heavy (non-hydrogen) atoms. The van der Waals surface area contributed by atoms with E-state index in [2.05, 4.69) is 10.3 Å². The second kappa shape index (κ2) is 6.83. The van der Waals surface area contributed by atoms with E-state index in [1.807, 2.05) is 0 Å². The number of aryl methyl sites for hydroxylation is 1. The molecule has 1 aliphatic rings. The van der Waals surface area contributed by atoms with Crippen molar-refractivity contribution in [3.8, 4) is 0 Å². The van der Waals surface area contributed by atoms with E-state index in [-0.39, 0.29) is 11.7 Å². The Labute approximate surface area is 142 Å². The van der Waals surface area contributed by atoms with Crippen molar-refractivity contribution in [3.63, 3.8) is 0 Å². The fourth-order valence-corrected chi connectivity index (χ4v) is 2.92. The largest absolute Gasteiger partial charge is 0.456 e. The van der Waals surface area contributed by atoms with Gasteiger partial charge in [-0.05, 0) is 19.1 Å². The third-order valence-corrected chi connectivity index (χ3v) is 4.34. The summed E-state index contributed by atoms with van der Waals surface area (Å²) >= 11 is 1.24. The molecule has 3 rings (SSSR count). The van der Waals surface area contributed by atoms with Crippen LogP contribution < -0.4 is 5.32 Å². The number of rotatable bonds is 2. The predicted molar refractivity (Wildman–Crippen MR) is 86.7 cm³/mol. The Morgan fingerprint density at radius 1 is 1.17 bits per heavy atom. The van der Waals surface area contributed by atoms with Crippen LogP contribution in [-0.2, 0) is 9.59 Å². The minimum Gasteiger partial charge on any atom is -0.456 e. The summed E-state index contributed by atoms with van der Waals surface area (Å²) in [6.07, 6.45) is 1.55. The Morgan fingerprint density at radius 3 is 2.46 bits per heavy atom. The number of hydrogen-bond donors (Lipinski definition) is 1. The van der Waals surface area contributed by atoms with Crippen LogP contribution >= 0.6 is 11.3 Å². The summed E-state index contributed by atoms with van der Waals surface area (Å²) in [4.78, 5) is 43.3. The highest BCUT2D eigenvalue weighted by atomic mass is 32.1. The average Bonchev–Trinajstić information content (AvgIpc) is 3.25. The van der Waals surface area contributed by atoms with E-state index in [9.17, 15) is 14.4 Å². The van der Waals surface area contributed by atoms with Gasteiger partial charge in [0, 0.05) is 37.8 Å². The van der Waals surface area contributed by atoms with E-state index in [1.54, 1.807) is 35.5 Å². The lowest BCUT2D eigenvalue weighted by atomic mass is 10.2. The van der Waals surface area contributed by atoms with Crippen LogP contribution in [0.1, 0.15) is 16.3 Å². The van der Waals surface area contributed by atoms with E-state index in [4.69, 9.17) is 4.42 Å². The van der Waals surface area contributed by atoms with Crippen LogP contribution in [0.15, 0.2) is 28.1 Å². The molecule has 1 N–H and O–H groups in total. The SMILES string of the molecule is Cc1ccc(C(=O)N2CCN(C(=O)C(=O)Nc3nccs3)CC2)o1. The van der Waals surface area contributed by atoms with E-state index >= 15 is 0 Å². The number of carbonyl (C=O) groups is 3. The normalized spacial score (nSPS) is 14.5. The maximum absolute atomic E-state index is 12.3. The van der Waals surface area contributed by atoms with Crippen LogP contribution in [0.2, 0.25) is 0 Å². The minimum absolute atomic E-state index is 0.206. The molecular weight excluding hydrogens is 332 g/mol. The third-order valence-electron chi connectivity index (χ3n) is 3.65. The van der Waals surface area contributed by atoms with Gasteiger partial charge in [-0.25, -0.2) is 4.98 Å². The number of thiazole rings is 1. The second-order valence-electron chi connectivity index (χ2n) is 5.29. The summed E-state index contributed by atoms with van der Waals surface area (Å²) < 4.78 is 5.33. The number of nitrogens with one attached hydrogen (secondary N) is 1. The lowest BCUT2D eigenvalue weighted by Gasteiger charge is -2.33. The van der Waals surface area contributed by atoms with Crippen LogP contribution in [0.4, 0.5) is 5.13 Å². The van der Waals surface area contributed by atoms with Crippen LogP contribution in [0.5, 0.6) is 0 Å². The second-order valence-corrected chi connectivity index (χ2v) is 6.18. The number of hydrogen-bond acceptors (Lipinski definition) is 6. The van der Waals surface area contributed by atoms with Crippen molar-refractivity contribution in [1.29, 1.82) is 0 Å². The van der Waals surface area contributed by atoms with Gasteiger partial charge in [0.15, 0.2) is 10.9 Å². The lowest BCUT2D eigenvalue weighted by Crippen LogP contribution is -2.52. The van der Waals surface area contributed by atoms with Crippen LogP contribution in [-0.4, -0.2) is 58.7 Å². The van der Waals surface area contributed by atoms with Gasteiger partial charge in [-0.2, -0.15) is 0 Å². The third kappa shape index (κ3) is 3.46. The van der Waals surface area contributed by atoms with Gasteiger partial charge in [-0.15, -0.1) is 11.3 Å². The van der Waals surface area contributed by atoms with Gasteiger partial charge < -0.3 is 14.2 Å². The molecule has 2 aromatic rings. The first-order chi connectivity index (χ1) is 11.5.